The van der Waals surface area contributed by atoms with Crippen LogP contribution in [0.1, 0.15) is 53.0 Å². The molecule has 0 fully saturated rings. The first-order valence-corrected chi connectivity index (χ1v) is 13.7. The number of hydrogen-bond acceptors (Lipinski definition) is 6. The Hall–Kier alpha value is -4.21. The quantitative estimate of drug-likeness (QED) is 0.348. The van der Waals surface area contributed by atoms with Gasteiger partial charge in [-0.15, -0.1) is 0 Å². The van der Waals surface area contributed by atoms with Crippen LogP contribution in [0.3, 0.4) is 0 Å². The first kappa shape index (κ1) is 27.4. The average molecular weight is 554 g/mol. The van der Waals surface area contributed by atoms with Crippen molar-refractivity contribution in [2.45, 2.75) is 52.6 Å². The van der Waals surface area contributed by atoms with Crippen molar-refractivity contribution in [2.75, 3.05) is 12.0 Å². The third-order valence-corrected chi connectivity index (χ3v) is 8.01. The van der Waals surface area contributed by atoms with Crippen LogP contribution in [0.5, 0.6) is 11.5 Å². The number of carbonyl (C=O) groups is 1. The molecule has 0 saturated heterocycles. The number of ether oxygens (including phenoxy) is 2. The van der Waals surface area contributed by atoms with E-state index in [1.807, 2.05) is 68.1 Å². The molecule has 0 amide bonds. The zero-order valence-corrected chi connectivity index (χ0v) is 23.9. The molecule has 0 spiro atoms. The second-order valence-electron chi connectivity index (χ2n) is 10.4. The van der Waals surface area contributed by atoms with Crippen LogP contribution in [-0.2, 0) is 11.4 Å². The molecule has 3 aromatic carbocycles. The highest BCUT2D eigenvalue weighted by Crippen LogP contribution is 2.47. The smallest absolute Gasteiger partial charge is 0.161 e. The molecule has 7 heteroatoms. The lowest BCUT2D eigenvalue weighted by atomic mass is 9.73. The Labute approximate surface area is 240 Å². The van der Waals surface area contributed by atoms with Crippen LogP contribution in [0.15, 0.2) is 77.3 Å². The monoisotopic (exact) mass is 553 g/mol. The molecule has 1 aliphatic carbocycles. The fraction of sp³-hybridized carbons (Fsp3) is 0.273. The van der Waals surface area contributed by atoms with Crippen molar-refractivity contribution in [2.24, 2.45) is 5.73 Å². The molecule has 0 saturated carbocycles. The summed E-state index contributed by atoms with van der Waals surface area (Å²) in [7, 11) is 1.61. The fourth-order valence-electron chi connectivity index (χ4n) is 5.77. The highest BCUT2D eigenvalue weighted by molar-refractivity contribution is 6.30. The molecule has 1 aliphatic heterocycles. The number of aryl methyl sites for hydroxylation is 2. The van der Waals surface area contributed by atoms with Gasteiger partial charge < -0.3 is 15.2 Å². The van der Waals surface area contributed by atoms with Gasteiger partial charge in [0, 0.05) is 28.4 Å². The molecule has 5 rings (SSSR count). The zero-order valence-electron chi connectivity index (χ0n) is 23.2. The van der Waals surface area contributed by atoms with Gasteiger partial charge >= 0.3 is 0 Å². The SMILES string of the molecule is COc1ccc(N2C(N)=C(C#N)C(c3cc(C)cc(COc4ccc(Cl)cc4C)c3C)C3=C2CCCC3=O)cc1. The van der Waals surface area contributed by atoms with Gasteiger partial charge in [0.15, 0.2) is 5.78 Å². The average Bonchev–Trinajstić information content (AvgIpc) is 2.94. The van der Waals surface area contributed by atoms with Crippen molar-refractivity contribution in [3.05, 3.63) is 110 Å². The standard InChI is InChI=1S/C33H32ClN3O3/c1-19-14-22(18-40-30-13-8-23(34)16-20(30)2)21(3)26(15-19)31-27(17-35)33(36)37(24-9-11-25(39-4)12-10-24)28-6-5-7-29(38)32(28)31/h8-16,31H,5-7,18,36H2,1-4H3. The molecule has 6 nitrogen and oxygen atoms in total. The number of allylic oxidation sites excluding steroid dienone is 3. The molecule has 2 aliphatic rings. The van der Waals surface area contributed by atoms with Gasteiger partial charge in [-0.25, -0.2) is 0 Å². The Balaban J connectivity index is 1.61. The van der Waals surface area contributed by atoms with Crippen LogP contribution in [0.2, 0.25) is 5.02 Å². The molecule has 1 heterocycles. The summed E-state index contributed by atoms with van der Waals surface area (Å²) in [6.07, 6.45) is 1.87. The Morgan fingerprint density at radius 2 is 1.82 bits per heavy atom. The van der Waals surface area contributed by atoms with Crippen LogP contribution >= 0.6 is 11.6 Å². The zero-order chi connectivity index (χ0) is 28.6. The molecule has 1 unspecified atom stereocenters. The van der Waals surface area contributed by atoms with E-state index in [0.29, 0.717) is 41.4 Å². The molecule has 0 bridgehead atoms. The molecular weight excluding hydrogens is 522 g/mol. The second-order valence-corrected chi connectivity index (χ2v) is 10.8. The van der Waals surface area contributed by atoms with Gasteiger partial charge in [-0.1, -0.05) is 29.3 Å². The number of nitrogens with two attached hydrogens (primary N) is 1. The fourth-order valence-corrected chi connectivity index (χ4v) is 5.99. The number of nitrogens with zero attached hydrogens (tertiary/aromatic N) is 2. The number of nitriles is 1. The summed E-state index contributed by atoms with van der Waals surface area (Å²) in [5.41, 5.74) is 14.3. The molecule has 0 aromatic heterocycles. The van der Waals surface area contributed by atoms with Gasteiger partial charge in [-0.3, -0.25) is 9.69 Å². The van der Waals surface area contributed by atoms with Crippen molar-refractivity contribution in [1.29, 1.82) is 5.26 Å². The summed E-state index contributed by atoms with van der Waals surface area (Å²) in [5, 5.41) is 11.1. The summed E-state index contributed by atoms with van der Waals surface area (Å²) in [5.74, 6) is 1.34. The maximum Gasteiger partial charge on any atom is 0.161 e. The number of hydrogen-bond donors (Lipinski definition) is 1. The van der Waals surface area contributed by atoms with Crippen LogP contribution < -0.4 is 20.1 Å². The number of halogens is 1. The first-order valence-electron chi connectivity index (χ1n) is 13.3. The maximum atomic E-state index is 13.6. The summed E-state index contributed by atoms with van der Waals surface area (Å²) in [6, 6.07) is 19.6. The third-order valence-electron chi connectivity index (χ3n) is 7.77. The van der Waals surface area contributed by atoms with E-state index in [9.17, 15) is 10.1 Å². The van der Waals surface area contributed by atoms with Crippen LogP contribution in [-0.4, -0.2) is 12.9 Å². The topological polar surface area (TPSA) is 88.6 Å². The van der Waals surface area contributed by atoms with E-state index in [0.717, 1.165) is 57.1 Å². The highest BCUT2D eigenvalue weighted by atomic mass is 35.5. The second kappa shape index (κ2) is 11.1. The lowest BCUT2D eigenvalue weighted by molar-refractivity contribution is -0.116. The van der Waals surface area contributed by atoms with Crippen molar-refractivity contribution in [1.82, 2.24) is 0 Å². The maximum absolute atomic E-state index is 13.6. The minimum Gasteiger partial charge on any atom is -0.497 e. The number of carbonyl (C=O) groups excluding carboxylic acids is 1. The molecule has 0 radical (unpaired) electrons. The van der Waals surface area contributed by atoms with Gasteiger partial charge in [-0.2, -0.15) is 5.26 Å². The van der Waals surface area contributed by atoms with Gasteiger partial charge in [0.2, 0.25) is 0 Å². The van der Waals surface area contributed by atoms with E-state index in [4.69, 9.17) is 26.8 Å². The molecule has 40 heavy (non-hydrogen) atoms. The molecule has 204 valence electrons. The highest BCUT2D eigenvalue weighted by Gasteiger charge is 2.41. The van der Waals surface area contributed by atoms with Crippen molar-refractivity contribution in [3.63, 3.8) is 0 Å². The Kier molecular flexibility index (Phi) is 7.60. The van der Waals surface area contributed by atoms with Crippen LogP contribution in [0.25, 0.3) is 0 Å². The van der Waals surface area contributed by atoms with E-state index < -0.39 is 5.92 Å². The predicted molar refractivity (Wildman–Crippen MR) is 157 cm³/mol. The van der Waals surface area contributed by atoms with E-state index >= 15 is 0 Å². The minimum absolute atomic E-state index is 0.0560. The van der Waals surface area contributed by atoms with E-state index in [1.165, 1.54) is 0 Å². The molecule has 2 N–H and O–H groups in total. The van der Waals surface area contributed by atoms with Crippen LogP contribution in [0.4, 0.5) is 5.69 Å². The number of ketones is 1. The lowest BCUT2D eigenvalue weighted by Gasteiger charge is -2.40. The Morgan fingerprint density at radius 3 is 2.50 bits per heavy atom. The minimum atomic E-state index is -0.543. The van der Waals surface area contributed by atoms with Crippen LogP contribution in [0, 0.1) is 32.1 Å². The summed E-state index contributed by atoms with van der Waals surface area (Å²) in [4.78, 5) is 15.5. The number of Topliss-reactive ketones (excluding diaryl/α,β-unsaturated/α-hetero) is 1. The van der Waals surface area contributed by atoms with Gasteiger partial charge in [-0.05, 0) is 98.3 Å². The first-order chi connectivity index (χ1) is 19.2. The largest absolute Gasteiger partial charge is 0.497 e. The predicted octanol–water partition coefficient (Wildman–Crippen LogP) is 7.16. The molecular formula is C33H32ClN3O3. The Bertz CT molecular complexity index is 1600. The van der Waals surface area contributed by atoms with Crippen molar-refractivity contribution in [3.8, 4) is 17.6 Å². The number of methoxy groups -OCH3 is 1. The van der Waals surface area contributed by atoms with Gasteiger partial charge in [0.05, 0.1) is 24.7 Å². The molecule has 1 atom stereocenters. The lowest BCUT2D eigenvalue weighted by Crippen LogP contribution is -2.39. The number of benzene rings is 3. The van der Waals surface area contributed by atoms with E-state index in [-0.39, 0.29) is 5.78 Å². The number of anilines is 1. The third kappa shape index (κ3) is 4.94. The normalized spacial score (nSPS) is 17.1. The van der Waals surface area contributed by atoms with E-state index in [2.05, 4.69) is 18.2 Å². The number of rotatable bonds is 6. The van der Waals surface area contributed by atoms with Gasteiger partial charge in [0.1, 0.15) is 23.9 Å². The van der Waals surface area contributed by atoms with Crippen molar-refractivity contribution >= 4 is 23.1 Å². The summed E-state index contributed by atoms with van der Waals surface area (Å²) in [6.45, 7) is 6.34. The van der Waals surface area contributed by atoms with Gasteiger partial charge in [0.25, 0.3) is 0 Å². The summed E-state index contributed by atoms with van der Waals surface area (Å²) >= 11 is 6.12. The van der Waals surface area contributed by atoms with E-state index in [1.54, 1.807) is 7.11 Å². The Morgan fingerprint density at radius 1 is 1.07 bits per heavy atom. The summed E-state index contributed by atoms with van der Waals surface area (Å²) < 4.78 is 11.5. The van der Waals surface area contributed by atoms with Crippen molar-refractivity contribution < 1.29 is 14.3 Å². The molecule has 3 aromatic rings.